The first-order valence-corrected chi connectivity index (χ1v) is 10.9. The van der Waals surface area contributed by atoms with Crippen LogP contribution in [0.1, 0.15) is 63.9 Å². The molecule has 0 saturated heterocycles. The van der Waals surface area contributed by atoms with Crippen molar-refractivity contribution in [2.24, 2.45) is 11.8 Å². The number of aliphatic hydroxyl groups is 2. The fourth-order valence-electron chi connectivity index (χ4n) is 3.91. The summed E-state index contributed by atoms with van der Waals surface area (Å²) in [7, 11) is 1.39. The molecule has 4 atom stereocenters. The van der Waals surface area contributed by atoms with Crippen molar-refractivity contribution in [3.63, 3.8) is 0 Å². The maximum atomic E-state index is 12.3. The van der Waals surface area contributed by atoms with Crippen LogP contribution in [0.5, 0.6) is 0 Å². The van der Waals surface area contributed by atoms with E-state index in [0.717, 1.165) is 31.2 Å². The van der Waals surface area contributed by atoms with E-state index < -0.39 is 17.6 Å². The van der Waals surface area contributed by atoms with Gasteiger partial charge in [0.15, 0.2) is 0 Å². The summed E-state index contributed by atoms with van der Waals surface area (Å²) in [4.78, 5) is 23.5. The number of methoxy groups -OCH3 is 1. The van der Waals surface area contributed by atoms with Gasteiger partial charge >= 0.3 is 5.97 Å². The first kappa shape index (κ1) is 24.1. The molecule has 1 aromatic rings. The minimum absolute atomic E-state index is 0.0558. The molecule has 1 saturated carbocycles. The van der Waals surface area contributed by atoms with Crippen LogP contribution in [0, 0.1) is 23.7 Å². The van der Waals surface area contributed by atoms with Crippen molar-refractivity contribution >= 4 is 11.8 Å². The van der Waals surface area contributed by atoms with Crippen molar-refractivity contribution < 1.29 is 24.5 Å². The van der Waals surface area contributed by atoms with Gasteiger partial charge in [0.25, 0.3) is 0 Å². The first-order valence-electron chi connectivity index (χ1n) is 10.9. The highest BCUT2D eigenvalue weighted by atomic mass is 16.5. The average molecular weight is 415 g/mol. The summed E-state index contributed by atoms with van der Waals surface area (Å²) in [6.07, 6.45) is 5.14. The standard InChI is InChI=1S/C25H34O5/c1-25(29,16-14-19-10-6-5-7-11-19)17-15-21-20(22(26)18-23(21)27)12-8-3-4-9-13-24(28)30-2/h5-7,10-11,20-21,23,27,29H,3-4,8-9,12-14,16,18H2,1-2H3. The molecule has 5 heteroatoms. The molecule has 1 fully saturated rings. The van der Waals surface area contributed by atoms with Gasteiger partial charge in [-0.05, 0) is 38.2 Å². The molecule has 0 heterocycles. The summed E-state index contributed by atoms with van der Waals surface area (Å²) in [5, 5.41) is 20.9. The Morgan fingerprint density at radius 3 is 2.60 bits per heavy atom. The Bertz CT molecular complexity index is 744. The monoisotopic (exact) mass is 414 g/mol. The van der Waals surface area contributed by atoms with Crippen molar-refractivity contribution in [1.29, 1.82) is 0 Å². The van der Waals surface area contributed by atoms with Crippen molar-refractivity contribution in [2.45, 2.75) is 76.4 Å². The Morgan fingerprint density at radius 1 is 1.20 bits per heavy atom. The lowest BCUT2D eigenvalue weighted by Gasteiger charge is -2.19. The molecule has 30 heavy (non-hydrogen) atoms. The summed E-state index contributed by atoms with van der Waals surface area (Å²) >= 11 is 0. The maximum Gasteiger partial charge on any atom is 0.305 e. The van der Waals surface area contributed by atoms with Crippen LogP contribution in [0.4, 0.5) is 0 Å². The molecule has 0 amide bonds. The molecule has 0 spiro atoms. The molecule has 0 radical (unpaired) electrons. The van der Waals surface area contributed by atoms with Crippen LogP contribution >= 0.6 is 0 Å². The Hall–Kier alpha value is -2.16. The van der Waals surface area contributed by atoms with Crippen LogP contribution in [0.25, 0.3) is 0 Å². The second-order valence-corrected chi connectivity index (χ2v) is 8.43. The number of carbonyl (C=O) groups is 2. The lowest BCUT2D eigenvalue weighted by molar-refractivity contribution is -0.140. The number of ketones is 1. The Morgan fingerprint density at radius 2 is 1.90 bits per heavy atom. The maximum absolute atomic E-state index is 12.3. The lowest BCUT2D eigenvalue weighted by Crippen LogP contribution is -2.25. The predicted octanol–water partition coefficient (Wildman–Crippen LogP) is 3.45. The average Bonchev–Trinajstić information content (AvgIpc) is 3.00. The molecule has 2 rings (SSSR count). The molecule has 4 unspecified atom stereocenters. The van der Waals surface area contributed by atoms with E-state index in [1.165, 1.54) is 7.11 Å². The van der Waals surface area contributed by atoms with E-state index in [4.69, 9.17) is 0 Å². The number of aliphatic hydroxyl groups excluding tert-OH is 1. The summed E-state index contributed by atoms with van der Waals surface area (Å²) in [5.74, 6) is 5.11. The van der Waals surface area contributed by atoms with Gasteiger partial charge in [-0.3, -0.25) is 9.59 Å². The first-order chi connectivity index (χ1) is 14.3. The van der Waals surface area contributed by atoms with Crippen LogP contribution in [0.3, 0.4) is 0 Å². The van der Waals surface area contributed by atoms with Crippen molar-refractivity contribution in [2.75, 3.05) is 7.11 Å². The lowest BCUT2D eigenvalue weighted by atomic mass is 9.88. The van der Waals surface area contributed by atoms with Crippen molar-refractivity contribution in [1.82, 2.24) is 0 Å². The number of esters is 1. The summed E-state index contributed by atoms with van der Waals surface area (Å²) in [6, 6.07) is 9.93. The number of ether oxygens (including phenoxy) is 1. The third-order valence-electron chi connectivity index (χ3n) is 5.80. The summed E-state index contributed by atoms with van der Waals surface area (Å²) in [5.41, 5.74) is -0.0275. The van der Waals surface area contributed by atoms with E-state index in [0.29, 0.717) is 25.7 Å². The van der Waals surface area contributed by atoms with E-state index in [2.05, 4.69) is 16.6 Å². The van der Waals surface area contributed by atoms with E-state index in [-0.39, 0.29) is 24.1 Å². The highest BCUT2D eigenvalue weighted by molar-refractivity contribution is 5.85. The minimum Gasteiger partial charge on any atom is -0.469 e. The van der Waals surface area contributed by atoms with Crippen LogP contribution < -0.4 is 0 Å². The highest BCUT2D eigenvalue weighted by Gasteiger charge is 2.40. The molecule has 1 aromatic carbocycles. The minimum atomic E-state index is -1.17. The molecular weight excluding hydrogens is 380 g/mol. The van der Waals surface area contributed by atoms with Crippen LogP contribution in [-0.2, 0) is 20.7 Å². The fourth-order valence-corrected chi connectivity index (χ4v) is 3.91. The third-order valence-corrected chi connectivity index (χ3v) is 5.80. The van der Waals surface area contributed by atoms with Gasteiger partial charge in [-0.15, -0.1) is 0 Å². The van der Waals surface area contributed by atoms with E-state index in [1.807, 2.05) is 30.3 Å². The van der Waals surface area contributed by atoms with Gasteiger partial charge in [0.05, 0.1) is 19.1 Å². The molecule has 0 aromatic heterocycles. The highest BCUT2D eigenvalue weighted by Crippen LogP contribution is 2.33. The third kappa shape index (κ3) is 7.93. The zero-order chi connectivity index (χ0) is 22.0. The smallest absolute Gasteiger partial charge is 0.305 e. The number of unbranched alkanes of at least 4 members (excludes halogenated alkanes) is 3. The molecule has 0 aliphatic heterocycles. The number of Topliss-reactive ketones (excluding diaryl/α,β-unsaturated/α-hetero) is 1. The topological polar surface area (TPSA) is 83.8 Å². The van der Waals surface area contributed by atoms with Gasteiger partial charge in [0.2, 0.25) is 0 Å². The van der Waals surface area contributed by atoms with Gasteiger partial charge in [-0.25, -0.2) is 0 Å². The number of rotatable bonds is 10. The Kier molecular flexibility index (Phi) is 9.55. The Balaban J connectivity index is 1.85. The molecule has 5 nitrogen and oxygen atoms in total. The number of benzene rings is 1. The quantitative estimate of drug-likeness (QED) is 0.348. The van der Waals surface area contributed by atoms with Crippen molar-refractivity contribution in [3.8, 4) is 11.8 Å². The normalized spacial score (nSPS) is 22.8. The van der Waals surface area contributed by atoms with Gasteiger partial charge in [0.1, 0.15) is 11.4 Å². The number of carbonyl (C=O) groups excluding carboxylic acids is 2. The van der Waals surface area contributed by atoms with E-state index in [1.54, 1.807) is 6.92 Å². The van der Waals surface area contributed by atoms with E-state index >= 15 is 0 Å². The molecular formula is C25H34O5. The van der Waals surface area contributed by atoms with Gasteiger partial charge in [-0.1, -0.05) is 61.4 Å². The summed E-state index contributed by atoms with van der Waals surface area (Å²) < 4.78 is 4.63. The van der Waals surface area contributed by atoms with Crippen LogP contribution in [0.15, 0.2) is 30.3 Å². The molecule has 164 valence electrons. The number of aryl methyl sites for hydroxylation is 1. The van der Waals surface area contributed by atoms with Gasteiger partial charge < -0.3 is 14.9 Å². The summed E-state index contributed by atoms with van der Waals surface area (Å²) in [6.45, 7) is 1.68. The van der Waals surface area contributed by atoms with Crippen molar-refractivity contribution in [3.05, 3.63) is 35.9 Å². The fraction of sp³-hybridized carbons (Fsp3) is 0.600. The van der Waals surface area contributed by atoms with Crippen LogP contribution in [-0.4, -0.2) is 40.8 Å². The molecule has 0 bridgehead atoms. The largest absolute Gasteiger partial charge is 0.469 e. The van der Waals surface area contributed by atoms with Gasteiger partial charge in [-0.2, -0.15) is 0 Å². The Labute approximate surface area is 179 Å². The predicted molar refractivity (Wildman–Crippen MR) is 115 cm³/mol. The molecule has 2 N–H and O–H groups in total. The molecule has 1 aliphatic rings. The number of hydrogen-bond donors (Lipinski definition) is 2. The van der Waals surface area contributed by atoms with Crippen LogP contribution in [0.2, 0.25) is 0 Å². The zero-order valence-electron chi connectivity index (χ0n) is 18.1. The second kappa shape index (κ2) is 11.9. The van der Waals surface area contributed by atoms with E-state index in [9.17, 15) is 19.8 Å². The van der Waals surface area contributed by atoms with Gasteiger partial charge in [0, 0.05) is 18.8 Å². The second-order valence-electron chi connectivity index (χ2n) is 8.43. The zero-order valence-corrected chi connectivity index (χ0v) is 18.1. The number of hydrogen-bond acceptors (Lipinski definition) is 5. The SMILES string of the molecule is COC(=O)CCCCCCC1C(=O)CC(O)C1C#CC(C)(O)CCc1ccccc1. The molecule has 1 aliphatic carbocycles.